The van der Waals surface area contributed by atoms with E-state index in [9.17, 15) is 4.79 Å². The molecule has 0 spiro atoms. The molecular formula is C9H13NO2. The highest BCUT2D eigenvalue weighted by atomic mass is 16.5. The van der Waals surface area contributed by atoms with Crippen molar-refractivity contribution in [1.82, 2.24) is 4.90 Å². The minimum Gasteiger partial charge on any atom is -0.379 e. The molecule has 1 fully saturated rings. The molecule has 1 unspecified atom stereocenters. The fraction of sp³-hybridized carbons (Fsp3) is 0.667. The van der Waals surface area contributed by atoms with Crippen LogP contribution in [0.15, 0.2) is 0 Å². The van der Waals surface area contributed by atoms with Gasteiger partial charge in [-0.2, -0.15) is 0 Å². The van der Waals surface area contributed by atoms with Crippen molar-refractivity contribution in [3.63, 3.8) is 0 Å². The summed E-state index contributed by atoms with van der Waals surface area (Å²) in [5, 5.41) is 0. The van der Waals surface area contributed by atoms with Gasteiger partial charge in [0.15, 0.2) is 0 Å². The average molecular weight is 167 g/mol. The lowest BCUT2D eigenvalue weighted by molar-refractivity contribution is -0.112. The van der Waals surface area contributed by atoms with Crippen LogP contribution in [0.25, 0.3) is 0 Å². The Labute approximate surface area is 72.7 Å². The monoisotopic (exact) mass is 167 g/mol. The lowest BCUT2D eigenvalue weighted by Gasteiger charge is -2.28. The normalized spacial score (nSPS) is 20.8. The van der Waals surface area contributed by atoms with E-state index in [1.54, 1.807) is 6.92 Å². The number of morpholine rings is 1. The third-order valence-corrected chi connectivity index (χ3v) is 1.86. The van der Waals surface area contributed by atoms with E-state index in [4.69, 9.17) is 4.74 Å². The fourth-order valence-electron chi connectivity index (χ4n) is 1.21. The summed E-state index contributed by atoms with van der Waals surface area (Å²) in [6, 6.07) is -0.237. The van der Waals surface area contributed by atoms with E-state index in [1.165, 1.54) is 0 Å². The molecule has 12 heavy (non-hydrogen) atoms. The molecule has 0 bridgehead atoms. The summed E-state index contributed by atoms with van der Waals surface area (Å²) in [6.45, 7) is 4.76. The van der Waals surface area contributed by atoms with Gasteiger partial charge in [0.2, 0.25) is 0 Å². The third-order valence-electron chi connectivity index (χ3n) is 1.86. The Balaban J connectivity index is 2.49. The molecule has 1 aliphatic heterocycles. The highest BCUT2D eigenvalue weighted by Crippen LogP contribution is 2.00. The van der Waals surface area contributed by atoms with Gasteiger partial charge < -0.3 is 9.53 Å². The van der Waals surface area contributed by atoms with Crippen LogP contribution in [0, 0.1) is 11.8 Å². The second-order valence-electron chi connectivity index (χ2n) is 2.62. The number of hydrogen-bond donors (Lipinski definition) is 0. The molecule has 3 nitrogen and oxygen atoms in total. The second kappa shape index (κ2) is 4.91. The molecule has 0 aromatic carbocycles. The molecule has 1 rings (SSSR count). The summed E-state index contributed by atoms with van der Waals surface area (Å²) in [6.07, 6.45) is 0.891. The Hall–Kier alpha value is -0.850. The molecule has 1 heterocycles. The number of carbonyl (C=O) groups excluding carboxylic acids is 1. The van der Waals surface area contributed by atoms with E-state index in [2.05, 4.69) is 11.8 Å². The van der Waals surface area contributed by atoms with Crippen molar-refractivity contribution < 1.29 is 9.53 Å². The number of nitrogens with zero attached hydrogens (tertiary/aromatic N) is 1. The van der Waals surface area contributed by atoms with Gasteiger partial charge in [-0.25, -0.2) is 0 Å². The van der Waals surface area contributed by atoms with Crippen LogP contribution in [-0.4, -0.2) is 43.5 Å². The van der Waals surface area contributed by atoms with Gasteiger partial charge in [0.1, 0.15) is 12.3 Å². The molecule has 0 N–H and O–H groups in total. The first-order valence-corrected chi connectivity index (χ1v) is 4.08. The highest BCUT2D eigenvalue weighted by Gasteiger charge is 2.17. The van der Waals surface area contributed by atoms with E-state index < -0.39 is 0 Å². The first kappa shape index (κ1) is 9.24. The van der Waals surface area contributed by atoms with Crippen LogP contribution in [-0.2, 0) is 9.53 Å². The Bertz CT molecular complexity index is 198. The molecule has 0 amide bonds. The lowest BCUT2D eigenvalue weighted by atomic mass is 10.2. The Morgan fingerprint density at radius 2 is 2.17 bits per heavy atom. The van der Waals surface area contributed by atoms with Crippen molar-refractivity contribution >= 4 is 6.29 Å². The summed E-state index contributed by atoms with van der Waals surface area (Å²) < 4.78 is 5.17. The van der Waals surface area contributed by atoms with Crippen molar-refractivity contribution in [3.05, 3.63) is 0 Å². The summed E-state index contributed by atoms with van der Waals surface area (Å²) in [4.78, 5) is 12.6. The maximum Gasteiger partial charge on any atom is 0.149 e. The van der Waals surface area contributed by atoms with Crippen molar-refractivity contribution in [2.75, 3.05) is 26.3 Å². The van der Waals surface area contributed by atoms with E-state index in [-0.39, 0.29) is 6.04 Å². The van der Waals surface area contributed by atoms with Crippen LogP contribution in [0.3, 0.4) is 0 Å². The standard InChI is InChI=1S/C9H13NO2/c1-2-3-9(8-11)10-4-6-12-7-5-10/h8-9H,4-7H2,1H3. The predicted octanol–water partition coefficient (Wildman–Crippen LogP) is -0.0906. The minimum atomic E-state index is -0.237. The van der Waals surface area contributed by atoms with Gasteiger partial charge in [-0.1, -0.05) is 5.92 Å². The molecule has 0 aromatic rings. The van der Waals surface area contributed by atoms with Gasteiger partial charge in [-0.15, -0.1) is 5.92 Å². The number of ether oxygens (including phenoxy) is 1. The molecule has 0 aliphatic carbocycles. The number of aldehydes is 1. The minimum absolute atomic E-state index is 0.237. The Morgan fingerprint density at radius 3 is 2.67 bits per heavy atom. The molecular weight excluding hydrogens is 154 g/mol. The van der Waals surface area contributed by atoms with Gasteiger partial charge in [0, 0.05) is 13.1 Å². The highest BCUT2D eigenvalue weighted by molar-refractivity contribution is 5.63. The zero-order valence-electron chi connectivity index (χ0n) is 7.25. The van der Waals surface area contributed by atoms with Crippen molar-refractivity contribution in [2.24, 2.45) is 0 Å². The van der Waals surface area contributed by atoms with Crippen molar-refractivity contribution in [1.29, 1.82) is 0 Å². The van der Waals surface area contributed by atoms with E-state index in [1.807, 2.05) is 4.90 Å². The summed E-state index contributed by atoms with van der Waals surface area (Å²) >= 11 is 0. The van der Waals surface area contributed by atoms with Gasteiger partial charge in [-0.3, -0.25) is 4.90 Å². The van der Waals surface area contributed by atoms with Gasteiger partial charge in [0.25, 0.3) is 0 Å². The van der Waals surface area contributed by atoms with Gasteiger partial charge in [-0.05, 0) is 6.92 Å². The van der Waals surface area contributed by atoms with Crippen LogP contribution in [0.4, 0.5) is 0 Å². The van der Waals surface area contributed by atoms with Crippen LogP contribution in [0.1, 0.15) is 6.92 Å². The average Bonchev–Trinajstić information content (AvgIpc) is 2.15. The zero-order valence-corrected chi connectivity index (χ0v) is 7.25. The predicted molar refractivity (Wildman–Crippen MR) is 45.7 cm³/mol. The second-order valence-corrected chi connectivity index (χ2v) is 2.62. The topological polar surface area (TPSA) is 29.5 Å². The molecule has 1 atom stereocenters. The first-order chi connectivity index (χ1) is 5.88. The molecule has 66 valence electrons. The molecule has 1 aliphatic rings. The largest absolute Gasteiger partial charge is 0.379 e. The SMILES string of the molecule is CC#CC(C=O)N1CCOCC1. The zero-order chi connectivity index (χ0) is 8.81. The molecule has 0 aromatic heterocycles. The lowest BCUT2D eigenvalue weighted by Crippen LogP contribution is -2.43. The van der Waals surface area contributed by atoms with E-state index >= 15 is 0 Å². The Kier molecular flexibility index (Phi) is 3.78. The number of rotatable bonds is 2. The fourth-order valence-corrected chi connectivity index (χ4v) is 1.21. The third kappa shape index (κ3) is 2.33. The number of hydrogen-bond acceptors (Lipinski definition) is 3. The van der Waals surface area contributed by atoms with Crippen molar-refractivity contribution in [2.45, 2.75) is 13.0 Å². The molecule has 0 saturated carbocycles. The van der Waals surface area contributed by atoms with E-state index in [0.717, 1.165) is 19.4 Å². The molecule has 3 heteroatoms. The van der Waals surface area contributed by atoms with Crippen molar-refractivity contribution in [3.8, 4) is 11.8 Å². The quantitative estimate of drug-likeness (QED) is 0.425. The van der Waals surface area contributed by atoms with Gasteiger partial charge >= 0.3 is 0 Å². The first-order valence-electron chi connectivity index (χ1n) is 4.08. The Morgan fingerprint density at radius 1 is 1.50 bits per heavy atom. The molecule has 1 saturated heterocycles. The maximum atomic E-state index is 10.6. The van der Waals surface area contributed by atoms with Crippen LogP contribution >= 0.6 is 0 Å². The van der Waals surface area contributed by atoms with Crippen LogP contribution < -0.4 is 0 Å². The summed E-state index contributed by atoms with van der Waals surface area (Å²) in [5.74, 6) is 5.61. The van der Waals surface area contributed by atoms with Crippen LogP contribution in [0.5, 0.6) is 0 Å². The molecule has 0 radical (unpaired) electrons. The maximum absolute atomic E-state index is 10.6. The van der Waals surface area contributed by atoms with Crippen LogP contribution in [0.2, 0.25) is 0 Å². The number of carbonyl (C=O) groups is 1. The van der Waals surface area contributed by atoms with E-state index in [0.29, 0.717) is 13.2 Å². The van der Waals surface area contributed by atoms with Gasteiger partial charge in [0.05, 0.1) is 13.2 Å². The summed E-state index contributed by atoms with van der Waals surface area (Å²) in [7, 11) is 0. The smallest absolute Gasteiger partial charge is 0.149 e. The summed E-state index contributed by atoms with van der Waals surface area (Å²) in [5.41, 5.74) is 0.